The first kappa shape index (κ1) is 13.1. The monoisotopic (exact) mass is 236 g/mol. The molecule has 2 nitrogen and oxygen atoms in total. The quantitative estimate of drug-likeness (QED) is 0.301. The largest absolute Gasteiger partial charge is 0.384 e. The lowest BCUT2D eigenvalue weighted by Gasteiger charge is -2.06. The molecule has 1 aromatic carbocycles. The number of hydrogen-bond acceptors (Lipinski definition) is 2. The third-order valence-corrected chi connectivity index (χ3v) is 3.04. The van der Waals surface area contributed by atoms with Gasteiger partial charge in [-0.05, 0) is 30.5 Å². The Morgan fingerprint density at radius 1 is 1.31 bits per heavy atom. The van der Waals surface area contributed by atoms with Gasteiger partial charge in [-0.25, -0.2) is 0 Å². The van der Waals surface area contributed by atoms with Gasteiger partial charge in [0.15, 0.2) is 0 Å². The van der Waals surface area contributed by atoms with Gasteiger partial charge in [0.05, 0.1) is 0 Å². The number of benzene rings is 1. The van der Waals surface area contributed by atoms with E-state index in [1.807, 2.05) is 18.2 Å². The molecule has 0 saturated carbocycles. The van der Waals surface area contributed by atoms with Crippen LogP contribution in [0.4, 0.5) is 0 Å². The third kappa shape index (κ3) is 3.89. The van der Waals surface area contributed by atoms with E-state index >= 15 is 0 Å². The molecule has 3 heteroatoms. The minimum atomic E-state index is 0.0857. The maximum atomic E-state index is 7.37. The maximum Gasteiger partial charge on any atom is 0.123 e. The molecule has 3 N–H and O–H groups in total. The van der Waals surface area contributed by atoms with E-state index in [-0.39, 0.29) is 5.84 Å². The van der Waals surface area contributed by atoms with Crippen LogP contribution in [-0.4, -0.2) is 5.84 Å². The highest BCUT2D eigenvalue weighted by molar-refractivity contribution is 7.80. The van der Waals surface area contributed by atoms with Crippen molar-refractivity contribution in [1.29, 1.82) is 5.41 Å². The van der Waals surface area contributed by atoms with Crippen LogP contribution in [0.1, 0.15) is 43.7 Å². The summed E-state index contributed by atoms with van der Waals surface area (Å²) >= 11 is 4.35. The molecule has 0 aliphatic heterocycles. The summed E-state index contributed by atoms with van der Waals surface area (Å²) in [5.41, 5.74) is 7.44. The summed E-state index contributed by atoms with van der Waals surface area (Å²) in [5, 5.41) is 7.37. The number of hydrogen-bond donors (Lipinski definition) is 3. The predicted octanol–water partition coefficient (Wildman–Crippen LogP) is 3.38. The van der Waals surface area contributed by atoms with Crippen molar-refractivity contribution in [1.82, 2.24) is 0 Å². The molecular weight excluding hydrogens is 216 g/mol. The van der Waals surface area contributed by atoms with Crippen molar-refractivity contribution in [2.45, 2.75) is 43.9 Å². The molecule has 1 rings (SSSR count). The minimum Gasteiger partial charge on any atom is -0.384 e. The normalized spacial score (nSPS) is 10.4. The molecule has 16 heavy (non-hydrogen) atoms. The van der Waals surface area contributed by atoms with Crippen LogP contribution in [-0.2, 0) is 6.42 Å². The summed E-state index contributed by atoms with van der Waals surface area (Å²) in [7, 11) is 0. The van der Waals surface area contributed by atoms with Crippen LogP contribution in [0.25, 0.3) is 0 Å². The van der Waals surface area contributed by atoms with Gasteiger partial charge in [0.25, 0.3) is 0 Å². The van der Waals surface area contributed by atoms with Crippen LogP contribution in [0.3, 0.4) is 0 Å². The molecule has 0 fully saturated rings. The summed E-state index contributed by atoms with van der Waals surface area (Å²) in [4.78, 5) is 0.806. The van der Waals surface area contributed by atoms with Gasteiger partial charge in [-0.2, -0.15) is 0 Å². The number of nitrogens with two attached hydrogens (primary N) is 1. The number of unbranched alkanes of at least 4 members (excludes halogenated alkanes) is 3. The second-order valence-electron chi connectivity index (χ2n) is 4.08. The van der Waals surface area contributed by atoms with Crippen molar-refractivity contribution >= 4 is 18.5 Å². The number of thiol groups is 1. The number of nitrogens with one attached hydrogen (secondary N) is 1. The molecule has 0 amide bonds. The molecule has 0 aliphatic rings. The Hall–Kier alpha value is -0.960. The minimum absolute atomic E-state index is 0.0857. The Balaban J connectivity index is 2.56. The fourth-order valence-electron chi connectivity index (χ4n) is 1.72. The maximum absolute atomic E-state index is 7.37. The first-order valence-electron chi connectivity index (χ1n) is 5.81. The van der Waals surface area contributed by atoms with Crippen molar-refractivity contribution in [2.75, 3.05) is 0 Å². The summed E-state index contributed by atoms with van der Waals surface area (Å²) < 4.78 is 0. The van der Waals surface area contributed by atoms with Gasteiger partial charge in [0.1, 0.15) is 5.84 Å². The van der Waals surface area contributed by atoms with Crippen molar-refractivity contribution in [3.05, 3.63) is 29.3 Å². The van der Waals surface area contributed by atoms with Crippen LogP contribution in [0.5, 0.6) is 0 Å². The smallest absolute Gasteiger partial charge is 0.123 e. The highest BCUT2D eigenvalue weighted by Gasteiger charge is 2.03. The standard InChI is InChI=1S/C13H20N2S/c1-2-3-4-5-6-10-7-8-11(13(14)15)12(16)9-10/h7-9,16H,2-6H2,1H3,(H3,14,15). The topological polar surface area (TPSA) is 49.9 Å². The number of rotatable bonds is 6. The van der Waals surface area contributed by atoms with E-state index in [0.29, 0.717) is 0 Å². The Bertz CT molecular complexity index is 361. The van der Waals surface area contributed by atoms with E-state index in [2.05, 4.69) is 19.6 Å². The molecule has 0 unspecified atom stereocenters. The molecule has 0 spiro atoms. The number of nitrogen functional groups attached to an aromatic ring is 1. The molecule has 0 radical (unpaired) electrons. The van der Waals surface area contributed by atoms with Crippen LogP contribution in [0, 0.1) is 5.41 Å². The van der Waals surface area contributed by atoms with Gasteiger partial charge in [-0.1, -0.05) is 32.3 Å². The van der Waals surface area contributed by atoms with Gasteiger partial charge in [-0.15, -0.1) is 12.6 Å². The second kappa shape index (κ2) is 6.59. The van der Waals surface area contributed by atoms with Gasteiger partial charge in [0.2, 0.25) is 0 Å². The van der Waals surface area contributed by atoms with E-state index in [1.165, 1.54) is 31.2 Å². The van der Waals surface area contributed by atoms with Crippen molar-refractivity contribution in [3.63, 3.8) is 0 Å². The first-order chi connectivity index (χ1) is 7.65. The summed E-state index contributed by atoms with van der Waals surface area (Å²) in [5.74, 6) is 0.0857. The molecule has 88 valence electrons. The van der Waals surface area contributed by atoms with Crippen molar-refractivity contribution in [2.24, 2.45) is 5.73 Å². The SMILES string of the molecule is CCCCCCc1ccc(C(=N)N)c(S)c1. The Labute approximate surface area is 103 Å². The molecular formula is C13H20N2S. The lowest BCUT2D eigenvalue weighted by atomic mass is 10.0. The van der Waals surface area contributed by atoms with Gasteiger partial charge < -0.3 is 5.73 Å². The van der Waals surface area contributed by atoms with Crippen molar-refractivity contribution < 1.29 is 0 Å². The zero-order valence-corrected chi connectivity index (χ0v) is 10.7. The zero-order valence-electron chi connectivity index (χ0n) is 9.79. The fraction of sp³-hybridized carbons (Fsp3) is 0.462. The average molecular weight is 236 g/mol. The van der Waals surface area contributed by atoms with Gasteiger partial charge in [-0.3, -0.25) is 5.41 Å². The van der Waals surface area contributed by atoms with E-state index in [0.717, 1.165) is 16.9 Å². The molecule has 0 atom stereocenters. The highest BCUT2D eigenvalue weighted by Crippen LogP contribution is 2.17. The van der Waals surface area contributed by atoms with Crippen LogP contribution < -0.4 is 5.73 Å². The number of amidine groups is 1. The van der Waals surface area contributed by atoms with Crippen LogP contribution in [0.15, 0.2) is 23.1 Å². The van der Waals surface area contributed by atoms with E-state index in [4.69, 9.17) is 11.1 Å². The molecule has 0 aliphatic carbocycles. The Morgan fingerprint density at radius 3 is 2.62 bits per heavy atom. The Kier molecular flexibility index (Phi) is 5.39. The zero-order chi connectivity index (χ0) is 12.0. The number of aryl methyl sites for hydroxylation is 1. The average Bonchev–Trinajstić information content (AvgIpc) is 2.24. The summed E-state index contributed by atoms with van der Waals surface area (Å²) in [6.45, 7) is 2.22. The fourth-order valence-corrected chi connectivity index (χ4v) is 2.08. The molecule has 0 heterocycles. The molecule has 0 saturated heterocycles. The van der Waals surface area contributed by atoms with E-state index in [1.54, 1.807) is 0 Å². The van der Waals surface area contributed by atoms with Crippen LogP contribution >= 0.6 is 12.6 Å². The van der Waals surface area contributed by atoms with Crippen molar-refractivity contribution in [3.8, 4) is 0 Å². The summed E-state index contributed by atoms with van der Waals surface area (Å²) in [6, 6.07) is 5.95. The van der Waals surface area contributed by atoms with E-state index in [9.17, 15) is 0 Å². The Morgan fingerprint density at radius 2 is 2.06 bits per heavy atom. The third-order valence-electron chi connectivity index (χ3n) is 2.67. The van der Waals surface area contributed by atoms with Crippen LogP contribution in [0.2, 0.25) is 0 Å². The predicted molar refractivity (Wildman–Crippen MR) is 72.6 cm³/mol. The molecule has 0 bridgehead atoms. The van der Waals surface area contributed by atoms with E-state index < -0.39 is 0 Å². The molecule has 0 aromatic heterocycles. The van der Waals surface area contributed by atoms with Gasteiger partial charge >= 0.3 is 0 Å². The second-order valence-corrected chi connectivity index (χ2v) is 4.56. The first-order valence-corrected chi connectivity index (χ1v) is 6.26. The summed E-state index contributed by atoms with van der Waals surface area (Å²) in [6.07, 6.45) is 6.17. The lowest BCUT2D eigenvalue weighted by molar-refractivity contribution is 0.666. The van der Waals surface area contributed by atoms with Gasteiger partial charge in [0, 0.05) is 10.5 Å². The lowest BCUT2D eigenvalue weighted by Crippen LogP contribution is -2.11. The molecule has 1 aromatic rings. The highest BCUT2D eigenvalue weighted by atomic mass is 32.1.